The number of likely N-dealkylation sites (N-methyl/N-ethyl adjacent to an activating group) is 1. The predicted molar refractivity (Wildman–Crippen MR) is 110 cm³/mol. The molecule has 0 bridgehead atoms. The molecule has 2 amide bonds. The van der Waals surface area contributed by atoms with Gasteiger partial charge in [-0.05, 0) is 32.6 Å². The normalized spacial score (nSPS) is 21.4. The molecular formula is C19H29N5O4S. The molecule has 0 aromatic carbocycles. The minimum Gasteiger partial charge on any atom is -0.353 e. The molecule has 2 fully saturated rings. The molecule has 9 nitrogen and oxygen atoms in total. The summed E-state index contributed by atoms with van der Waals surface area (Å²) in [5.41, 5.74) is 0. The van der Waals surface area contributed by atoms with E-state index in [0.717, 1.165) is 5.82 Å². The molecule has 1 atom stereocenters. The number of aromatic nitrogens is 1. The zero-order valence-corrected chi connectivity index (χ0v) is 17.8. The maximum absolute atomic E-state index is 13.0. The maximum Gasteiger partial charge on any atom is 0.312 e. The minimum atomic E-state index is -3.15. The lowest BCUT2D eigenvalue weighted by atomic mass is 10.2. The number of carbonyl (C=O) groups excluding carboxylic acids is 2. The first-order chi connectivity index (χ1) is 13.8. The topological polar surface area (TPSA) is 94.1 Å². The van der Waals surface area contributed by atoms with E-state index in [4.69, 9.17) is 0 Å². The van der Waals surface area contributed by atoms with Gasteiger partial charge in [0, 0.05) is 51.5 Å². The fourth-order valence-electron chi connectivity index (χ4n) is 3.72. The molecule has 1 unspecified atom stereocenters. The standard InChI is InChI=1S/C19H29N5O4S/c1-21(2)8-13-24(16-6-14-29(27,28)15-16)19(26)18(25)23-11-9-22(10-12-23)17-5-3-4-7-20-17/h3-5,7,16H,6,8-15H2,1-2H3. The van der Waals surface area contributed by atoms with Crippen LogP contribution in [0.3, 0.4) is 0 Å². The van der Waals surface area contributed by atoms with Crippen LogP contribution in [-0.4, -0.2) is 111 Å². The van der Waals surface area contributed by atoms with E-state index in [-0.39, 0.29) is 11.5 Å². The quantitative estimate of drug-likeness (QED) is 0.579. The first-order valence-corrected chi connectivity index (χ1v) is 11.7. The Kier molecular flexibility index (Phi) is 6.74. The molecule has 0 spiro atoms. The molecule has 160 valence electrons. The minimum absolute atomic E-state index is 0.0626. The summed E-state index contributed by atoms with van der Waals surface area (Å²) in [7, 11) is 0.616. The van der Waals surface area contributed by atoms with E-state index < -0.39 is 27.7 Å². The Labute approximate surface area is 172 Å². The summed E-state index contributed by atoms with van der Waals surface area (Å²) >= 11 is 0. The van der Waals surface area contributed by atoms with E-state index in [0.29, 0.717) is 45.7 Å². The zero-order valence-electron chi connectivity index (χ0n) is 17.0. The summed E-state index contributed by atoms with van der Waals surface area (Å²) < 4.78 is 23.8. The van der Waals surface area contributed by atoms with E-state index in [1.54, 1.807) is 11.1 Å². The van der Waals surface area contributed by atoms with Crippen molar-refractivity contribution < 1.29 is 18.0 Å². The van der Waals surface area contributed by atoms with Gasteiger partial charge in [-0.2, -0.15) is 0 Å². The monoisotopic (exact) mass is 423 g/mol. The van der Waals surface area contributed by atoms with Crippen molar-refractivity contribution in [1.82, 2.24) is 19.7 Å². The molecule has 0 aliphatic carbocycles. The molecule has 2 aliphatic rings. The van der Waals surface area contributed by atoms with Crippen molar-refractivity contribution in [1.29, 1.82) is 0 Å². The van der Waals surface area contributed by atoms with Crippen LogP contribution in [0.1, 0.15) is 6.42 Å². The molecule has 29 heavy (non-hydrogen) atoms. The number of pyridine rings is 1. The number of nitrogens with zero attached hydrogens (tertiary/aromatic N) is 5. The number of piperazine rings is 1. The average Bonchev–Trinajstić information content (AvgIpc) is 3.07. The Morgan fingerprint density at radius 2 is 1.86 bits per heavy atom. The van der Waals surface area contributed by atoms with Crippen molar-refractivity contribution in [2.75, 3.05) is 69.8 Å². The summed E-state index contributed by atoms with van der Waals surface area (Å²) in [6, 6.07) is 5.27. The highest BCUT2D eigenvalue weighted by Crippen LogP contribution is 2.19. The van der Waals surface area contributed by atoms with Crippen LogP contribution < -0.4 is 4.90 Å². The van der Waals surface area contributed by atoms with Gasteiger partial charge in [0.1, 0.15) is 5.82 Å². The molecule has 1 aromatic rings. The summed E-state index contributed by atoms with van der Waals surface area (Å²) in [4.78, 5) is 37.2. The lowest BCUT2D eigenvalue weighted by Crippen LogP contribution is -2.56. The Morgan fingerprint density at radius 3 is 2.41 bits per heavy atom. The number of hydrogen-bond donors (Lipinski definition) is 0. The summed E-state index contributed by atoms with van der Waals surface area (Å²) in [6.45, 7) is 2.99. The largest absolute Gasteiger partial charge is 0.353 e. The van der Waals surface area contributed by atoms with Crippen molar-refractivity contribution in [3.8, 4) is 0 Å². The molecule has 0 N–H and O–H groups in total. The van der Waals surface area contributed by atoms with Gasteiger partial charge < -0.3 is 19.6 Å². The highest BCUT2D eigenvalue weighted by atomic mass is 32.2. The van der Waals surface area contributed by atoms with Crippen LogP contribution in [0.2, 0.25) is 0 Å². The second-order valence-corrected chi connectivity index (χ2v) is 10.1. The molecule has 0 saturated carbocycles. The molecule has 0 radical (unpaired) electrons. The molecule has 1 aromatic heterocycles. The third-order valence-electron chi connectivity index (χ3n) is 5.42. The predicted octanol–water partition coefficient (Wildman–Crippen LogP) is -0.692. The van der Waals surface area contributed by atoms with Gasteiger partial charge in [-0.25, -0.2) is 13.4 Å². The number of hydrogen-bond acceptors (Lipinski definition) is 7. The van der Waals surface area contributed by atoms with Crippen molar-refractivity contribution in [2.45, 2.75) is 12.5 Å². The van der Waals surface area contributed by atoms with Crippen molar-refractivity contribution in [3.63, 3.8) is 0 Å². The van der Waals surface area contributed by atoms with E-state index in [1.165, 1.54) is 4.90 Å². The van der Waals surface area contributed by atoms with Gasteiger partial charge in [0.15, 0.2) is 9.84 Å². The van der Waals surface area contributed by atoms with Gasteiger partial charge >= 0.3 is 11.8 Å². The third-order valence-corrected chi connectivity index (χ3v) is 7.17. The molecule has 3 rings (SSSR count). The summed E-state index contributed by atoms with van der Waals surface area (Å²) in [5.74, 6) is -0.281. The van der Waals surface area contributed by atoms with Crippen LogP contribution in [-0.2, 0) is 19.4 Å². The smallest absolute Gasteiger partial charge is 0.312 e. The Balaban J connectivity index is 1.63. The zero-order chi connectivity index (χ0) is 21.0. The van der Waals surface area contributed by atoms with Crippen LogP contribution in [0, 0.1) is 0 Å². The van der Waals surface area contributed by atoms with Crippen molar-refractivity contribution >= 4 is 27.5 Å². The second kappa shape index (κ2) is 9.08. The van der Waals surface area contributed by atoms with Crippen molar-refractivity contribution in [2.24, 2.45) is 0 Å². The summed E-state index contributed by atoms with van der Waals surface area (Å²) in [6.07, 6.45) is 2.12. The number of sulfone groups is 1. The van der Waals surface area contributed by atoms with Crippen molar-refractivity contribution in [3.05, 3.63) is 24.4 Å². The average molecular weight is 424 g/mol. The maximum atomic E-state index is 13.0. The van der Waals surface area contributed by atoms with Crippen LogP contribution in [0.15, 0.2) is 24.4 Å². The van der Waals surface area contributed by atoms with E-state index in [9.17, 15) is 18.0 Å². The molecule has 10 heteroatoms. The highest BCUT2D eigenvalue weighted by molar-refractivity contribution is 7.91. The Morgan fingerprint density at radius 1 is 1.14 bits per heavy atom. The van der Waals surface area contributed by atoms with Crippen LogP contribution >= 0.6 is 0 Å². The third kappa shape index (κ3) is 5.45. The van der Waals surface area contributed by atoms with Crippen LogP contribution in [0.5, 0.6) is 0 Å². The van der Waals surface area contributed by atoms with Crippen LogP contribution in [0.4, 0.5) is 5.82 Å². The van der Waals surface area contributed by atoms with Gasteiger partial charge in [-0.1, -0.05) is 6.07 Å². The van der Waals surface area contributed by atoms with Gasteiger partial charge in [0.05, 0.1) is 11.5 Å². The number of carbonyl (C=O) groups is 2. The first-order valence-electron chi connectivity index (χ1n) is 9.88. The highest BCUT2D eigenvalue weighted by Gasteiger charge is 2.38. The van der Waals surface area contributed by atoms with E-state index in [2.05, 4.69) is 9.88 Å². The first kappa shape index (κ1) is 21.5. The number of rotatable bonds is 5. The van der Waals surface area contributed by atoms with Gasteiger partial charge in [-0.15, -0.1) is 0 Å². The molecule has 2 aliphatic heterocycles. The molecule has 3 heterocycles. The van der Waals surface area contributed by atoms with E-state index >= 15 is 0 Å². The second-order valence-electron chi connectivity index (χ2n) is 7.83. The Bertz CT molecular complexity index is 822. The summed E-state index contributed by atoms with van der Waals surface area (Å²) in [5, 5.41) is 0. The number of amides is 2. The fourth-order valence-corrected chi connectivity index (χ4v) is 5.45. The van der Waals surface area contributed by atoms with Gasteiger partial charge in [-0.3, -0.25) is 9.59 Å². The van der Waals surface area contributed by atoms with Crippen LogP contribution in [0.25, 0.3) is 0 Å². The molecular weight excluding hydrogens is 394 g/mol. The van der Waals surface area contributed by atoms with Gasteiger partial charge in [0.2, 0.25) is 0 Å². The lowest BCUT2D eigenvalue weighted by Gasteiger charge is -2.36. The lowest BCUT2D eigenvalue weighted by molar-refractivity contribution is -0.153. The van der Waals surface area contributed by atoms with E-state index in [1.807, 2.05) is 37.2 Å². The van der Waals surface area contributed by atoms with Gasteiger partial charge in [0.25, 0.3) is 0 Å². The molecule has 2 saturated heterocycles. The fraction of sp³-hybridized carbons (Fsp3) is 0.632. The SMILES string of the molecule is CN(C)CCN(C(=O)C(=O)N1CCN(c2ccccn2)CC1)C1CCS(=O)(=O)C1. The number of anilines is 1. The Hall–Kier alpha value is -2.20.